The molecule has 0 bridgehead atoms. The number of hydrogen-bond acceptors (Lipinski definition) is 1. The first-order chi connectivity index (χ1) is 8.88. The highest BCUT2D eigenvalue weighted by molar-refractivity contribution is 6.51. The summed E-state index contributed by atoms with van der Waals surface area (Å²) in [6.07, 6.45) is 0. The molecule has 83 valence electrons. The van der Waals surface area contributed by atoms with Crippen LogP contribution in [0.4, 0.5) is 0 Å². The normalized spacial score (nSPS) is 11.6. The van der Waals surface area contributed by atoms with Crippen molar-refractivity contribution in [3.63, 3.8) is 0 Å². The Balaban J connectivity index is 2.40. The zero-order valence-corrected chi connectivity index (χ0v) is 9.72. The Bertz CT molecular complexity index is 851. The van der Waals surface area contributed by atoms with Crippen LogP contribution in [-0.2, 0) is 0 Å². The Morgan fingerprint density at radius 1 is 0.667 bits per heavy atom. The lowest BCUT2D eigenvalue weighted by Gasteiger charge is -2.12. The highest BCUT2D eigenvalue weighted by Crippen LogP contribution is 2.33. The molecule has 0 saturated carbocycles. The van der Waals surface area contributed by atoms with Crippen LogP contribution in [0.1, 0.15) is 0 Å². The van der Waals surface area contributed by atoms with Gasteiger partial charge in [0.1, 0.15) is 0 Å². The summed E-state index contributed by atoms with van der Waals surface area (Å²) >= 11 is 0. The van der Waals surface area contributed by atoms with Crippen LogP contribution < -0.4 is 5.46 Å². The molecule has 0 atom stereocenters. The lowest BCUT2D eigenvalue weighted by molar-refractivity contribution is 0.616. The molecule has 0 unspecified atom stereocenters. The quantitative estimate of drug-likeness (QED) is 0.393. The Hall–Kier alpha value is -2.06. The third-order valence-corrected chi connectivity index (χ3v) is 3.70. The summed E-state index contributed by atoms with van der Waals surface area (Å²) in [6, 6.07) is 18.9. The molecule has 0 aliphatic carbocycles. The highest BCUT2D eigenvalue weighted by atomic mass is 16.2. The SMILES string of the molecule is O[B]c1ccc2ccc3cccc4ccc1c2c34. The van der Waals surface area contributed by atoms with Gasteiger partial charge in [0, 0.05) is 0 Å². The molecule has 0 heterocycles. The minimum Gasteiger partial charge on any atom is -0.450 e. The van der Waals surface area contributed by atoms with E-state index in [4.69, 9.17) is 0 Å². The smallest absolute Gasteiger partial charge is 0.327 e. The minimum absolute atomic E-state index is 0.876. The maximum absolute atomic E-state index is 9.34. The van der Waals surface area contributed by atoms with Crippen LogP contribution in [0.15, 0.2) is 54.6 Å². The summed E-state index contributed by atoms with van der Waals surface area (Å²) in [5.74, 6) is 0. The van der Waals surface area contributed by atoms with Gasteiger partial charge < -0.3 is 5.02 Å². The zero-order valence-electron chi connectivity index (χ0n) is 9.72. The highest BCUT2D eigenvalue weighted by Gasteiger charge is 2.10. The fourth-order valence-electron chi connectivity index (χ4n) is 2.87. The number of hydrogen-bond donors (Lipinski definition) is 1. The molecule has 18 heavy (non-hydrogen) atoms. The molecule has 0 amide bonds. The lowest BCUT2D eigenvalue weighted by atomic mass is 9.81. The molecule has 0 spiro atoms. The van der Waals surface area contributed by atoms with Crippen LogP contribution in [0.25, 0.3) is 32.3 Å². The fourth-order valence-corrected chi connectivity index (χ4v) is 2.87. The van der Waals surface area contributed by atoms with E-state index in [9.17, 15) is 5.02 Å². The van der Waals surface area contributed by atoms with Gasteiger partial charge in [0.25, 0.3) is 0 Å². The molecule has 4 rings (SSSR count). The molecule has 0 aromatic heterocycles. The zero-order chi connectivity index (χ0) is 12.1. The van der Waals surface area contributed by atoms with Gasteiger partial charge in [-0.05, 0) is 37.8 Å². The molecule has 0 fully saturated rings. The first-order valence-corrected chi connectivity index (χ1v) is 6.02. The molecule has 4 aromatic carbocycles. The Kier molecular flexibility index (Phi) is 1.91. The monoisotopic (exact) mass is 229 g/mol. The Morgan fingerprint density at radius 2 is 1.28 bits per heavy atom. The van der Waals surface area contributed by atoms with Crippen molar-refractivity contribution in [1.82, 2.24) is 0 Å². The van der Waals surface area contributed by atoms with Gasteiger partial charge in [0.2, 0.25) is 0 Å². The van der Waals surface area contributed by atoms with E-state index < -0.39 is 0 Å². The van der Waals surface area contributed by atoms with Gasteiger partial charge in [-0.25, -0.2) is 0 Å². The van der Waals surface area contributed by atoms with E-state index in [1.807, 2.05) is 6.07 Å². The minimum atomic E-state index is 0.876. The summed E-state index contributed by atoms with van der Waals surface area (Å²) in [5, 5.41) is 16.7. The van der Waals surface area contributed by atoms with Crippen molar-refractivity contribution in [1.29, 1.82) is 0 Å². The second kappa shape index (κ2) is 3.47. The van der Waals surface area contributed by atoms with Gasteiger partial charge in [-0.2, -0.15) is 0 Å². The van der Waals surface area contributed by atoms with Crippen molar-refractivity contribution in [2.24, 2.45) is 0 Å². The van der Waals surface area contributed by atoms with Crippen molar-refractivity contribution in [3.05, 3.63) is 54.6 Å². The topological polar surface area (TPSA) is 20.2 Å². The maximum atomic E-state index is 9.34. The van der Waals surface area contributed by atoms with Crippen LogP contribution in [-0.4, -0.2) is 12.5 Å². The van der Waals surface area contributed by atoms with Crippen molar-refractivity contribution in [3.8, 4) is 0 Å². The molecule has 1 N–H and O–H groups in total. The second-order valence-corrected chi connectivity index (χ2v) is 4.64. The Labute approximate surface area is 105 Å². The predicted octanol–water partition coefficient (Wildman–Crippen LogP) is 2.82. The standard InChI is InChI=1S/C16H10BO/c18-17-14-9-7-12-5-4-10-2-1-3-11-6-8-13(14)16(12)15(10)11/h1-9,18H. The van der Waals surface area contributed by atoms with Gasteiger partial charge in [-0.15, -0.1) is 0 Å². The molecule has 0 saturated heterocycles. The van der Waals surface area contributed by atoms with Crippen LogP contribution in [0.5, 0.6) is 0 Å². The molecule has 0 aliphatic heterocycles. The third-order valence-electron chi connectivity index (χ3n) is 3.70. The average molecular weight is 229 g/mol. The van der Waals surface area contributed by atoms with E-state index in [1.54, 1.807) is 0 Å². The molecule has 2 heteroatoms. The number of benzene rings is 4. The van der Waals surface area contributed by atoms with Gasteiger partial charge >= 0.3 is 7.48 Å². The molecule has 1 nitrogen and oxygen atoms in total. The predicted molar refractivity (Wildman–Crippen MR) is 77.8 cm³/mol. The summed E-state index contributed by atoms with van der Waals surface area (Å²) in [7, 11) is 1.19. The van der Waals surface area contributed by atoms with E-state index in [1.165, 1.54) is 34.4 Å². The van der Waals surface area contributed by atoms with E-state index in [0.29, 0.717) is 0 Å². The summed E-state index contributed by atoms with van der Waals surface area (Å²) in [5.41, 5.74) is 0.876. The second-order valence-electron chi connectivity index (χ2n) is 4.64. The Morgan fingerprint density at radius 3 is 2.00 bits per heavy atom. The lowest BCUT2D eigenvalue weighted by Crippen LogP contribution is -2.14. The molecular formula is C16H10BO. The average Bonchev–Trinajstić information content (AvgIpc) is 2.44. The summed E-state index contributed by atoms with van der Waals surface area (Å²) < 4.78 is 0. The largest absolute Gasteiger partial charge is 0.450 e. The van der Waals surface area contributed by atoms with Crippen molar-refractivity contribution < 1.29 is 5.02 Å². The van der Waals surface area contributed by atoms with Crippen molar-refractivity contribution in [2.45, 2.75) is 0 Å². The summed E-state index contributed by atoms with van der Waals surface area (Å²) in [4.78, 5) is 0. The van der Waals surface area contributed by atoms with Gasteiger partial charge in [-0.1, -0.05) is 54.6 Å². The van der Waals surface area contributed by atoms with E-state index >= 15 is 0 Å². The van der Waals surface area contributed by atoms with Crippen molar-refractivity contribution in [2.75, 3.05) is 0 Å². The van der Waals surface area contributed by atoms with Gasteiger partial charge in [0.05, 0.1) is 0 Å². The van der Waals surface area contributed by atoms with Gasteiger partial charge in [0.15, 0.2) is 0 Å². The molecule has 0 aliphatic rings. The molecular weight excluding hydrogens is 219 g/mol. The first kappa shape index (κ1) is 9.92. The van der Waals surface area contributed by atoms with E-state index in [2.05, 4.69) is 48.5 Å². The van der Waals surface area contributed by atoms with Crippen LogP contribution >= 0.6 is 0 Å². The van der Waals surface area contributed by atoms with Crippen LogP contribution in [0, 0.1) is 0 Å². The molecule has 4 aromatic rings. The first-order valence-electron chi connectivity index (χ1n) is 6.02. The van der Waals surface area contributed by atoms with Gasteiger partial charge in [-0.3, -0.25) is 0 Å². The molecule has 1 radical (unpaired) electrons. The number of rotatable bonds is 1. The van der Waals surface area contributed by atoms with Crippen molar-refractivity contribution >= 4 is 45.3 Å². The van der Waals surface area contributed by atoms with E-state index in [-0.39, 0.29) is 0 Å². The fraction of sp³-hybridized carbons (Fsp3) is 0. The van der Waals surface area contributed by atoms with Crippen LogP contribution in [0.2, 0.25) is 0 Å². The van der Waals surface area contributed by atoms with E-state index in [0.717, 1.165) is 10.8 Å². The maximum Gasteiger partial charge on any atom is 0.327 e. The summed E-state index contributed by atoms with van der Waals surface area (Å²) in [6.45, 7) is 0. The van der Waals surface area contributed by atoms with Crippen LogP contribution in [0.3, 0.4) is 0 Å². The third kappa shape index (κ3) is 1.16.